The molecule has 9 heteroatoms. The van der Waals surface area contributed by atoms with E-state index in [0.717, 1.165) is 30.0 Å². The molecule has 1 aromatic carbocycles. The van der Waals surface area contributed by atoms with E-state index in [-0.39, 0.29) is 30.0 Å². The lowest BCUT2D eigenvalue weighted by Gasteiger charge is -2.33. The molecule has 2 amide bonds. The van der Waals surface area contributed by atoms with Crippen LogP contribution >= 0.6 is 11.3 Å². The Labute approximate surface area is 181 Å². The molecule has 0 aliphatic carbocycles. The minimum atomic E-state index is -0.313. The highest BCUT2D eigenvalue weighted by Gasteiger charge is 2.18. The lowest BCUT2D eigenvalue weighted by molar-refractivity contribution is -0.126. The molecule has 8 nitrogen and oxygen atoms in total. The monoisotopic (exact) mass is 431 g/mol. The third kappa shape index (κ3) is 6.86. The van der Waals surface area contributed by atoms with E-state index in [2.05, 4.69) is 32.7 Å². The van der Waals surface area contributed by atoms with Crippen LogP contribution < -0.4 is 10.6 Å². The summed E-state index contributed by atoms with van der Waals surface area (Å²) in [6, 6.07) is 8.10. The third-order valence-electron chi connectivity index (χ3n) is 5.09. The second-order valence-corrected chi connectivity index (χ2v) is 8.61. The number of carbonyl (C=O) groups is 2. The number of likely N-dealkylation sites (tertiary alicyclic amines) is 1. The van der Waals surface area contributed by atoms with E-state index in [1.165, 1.54) is 19.3 Å². The maximum atomic E-state index is 12.3. The standard InChI is InChI=1S/C21H29N5O3S/c1-15-6-8-17(9-7-15)23-20(28)21-25-24-19(30-21)14-29-13-18(27)22-10-12-26-11-4-3-5-16(26)2/h6-9,16H,3-5,10-14H2,1-2H3,(H,22,27)(H,23,28). The zero-order chi connectivity index (χ0) is 21.3. The highest BCUT2D eigenvalue weighted by Crippen LogP contribution is 2.16. The van der Waals surface area contributed by atoms with Crippen molar-refractivity contribution >= 4 is 28.8 Å². The molecule has 0 bridgehead atoms. The number of benzene rings is 1. The maximum Gasteiger partial charge on any atom is 0.286 e. The van der Waals surface area contributed by atoms with Gasteiger partial charge in [0.2, 0.25) is 10.9 Å². The molecular weight excluding hydrogens is 402 g/mol. The van der Waals surface area contributed by atoms with Crippen LogP contribution in [0.15, 0.2) is 24.3 Å². The van der Waals surface area contributed by atoms with Crippen LogP contribution in [0.5, 0.6) is 0 Å². The molecule has 1 atom stereocenters. The van der Waals surface area contributed by atoms with Gasteiger partial charge in [-0.25, -0.2) is 0 Å². The van der Waals surface area contributed by atoms with Gasteiger partial charge in [-0.1, -0.05) is 35.5 Å². The molecule has 0 saturated carbocycles. The van der Waals surface area contributed by atoms with Crippen molar-refractivity contribution in [2.24, 2.45) is 0 Å². The van der Waals surface area contributed by atoms with Gasteiger partial charge in [0.1, 0.15) is 18.2 Å². The summed E-state index contributed by atoms with van der Waals surface area (Å²) in [7, 11) is 0. The molecule has 2 N–H and O–H groups in total. The van der Waals surface area contributed by atoms with Gasteiger partial charge in [0.25, 0.3) is 5.91 Å². The number of hydrogen-bond acceptors (Lipinski definition) is 7. The highest BCUT2D eigenvalue weighted by molar-refractivity contribution is 7.13. The van der Waals surface area contributed by atoms with E-state index in [1.54, 1.807) is 0 Å². The van der Waals surface area contributed by atoms with Crippen molar-refractivity contribution in [3.05, 3.63) is 39.8 Å². The Kier molecular flexibility index (Phi) is 8.30. The van der Waals surface area contributed by atoms with Crippen molar-refractivity contribution in [1.82, 2.24) is 20.4 Å². The van der Waals surface area contributed by atoms with Gasteiger partial charge in [-0.2, -0.15) is 0 Å². The van der Waals surface area contributed by atoms with Crippen LogP contribution in [0.2, 0.25) is 0 Å². The number of anilines is 1. The summed E-state index contributed by atoms with van der Waals surface area (Å²) in [4.78, 5) is 26.6. The third-order valence-corrected chi connectivity index (χ3v) is 5.99. The summed E-state index contributed by atoms with van der Waals surface area (Å²) in [6.45, 7) is 6.91. The molecule has 1 aliphatic heterocycles. The smallest absolute Gasteiger partial charge is 0.286 e. The number of rotatable bonds is 9. The van der Waals surface area contributed by atoms with Crippen molar-refractivity contribution in [1.29, 1.82) is 0 Å². The average molecular weight is 432 g/mol. The molecule has 1 aromatic heterocycles. The minimum absolute atomic E-state index is 0.0416. The van der Waals surface area contributed by atoms with Crippen LogP contribution in [-0.2, 0) is 16.1 Å². The number of piperidine rings is 1. The second-order valence-electron chi connectivity index (χ2n) is 7.54. The van der Waals surface area contributed by atoms with Gasteiger partial charge in [-0.05, 0) is 45.4 Å². The molecule has 1 fully saturated rings. The van der Waals surface area contributed by atoms with Crippen molar-refractivity contribution < 1.29 is 14.3 Å². The Morgan fingerprint density at radius 3 is 2.80 bits per heavy atom. The summed E-state index contributed by atoms with van der Waals surface area (Å²) in [5.74, 6) is -0.464. The summed E-state index contributed by atoms with van der Waals surface area (Å²) in [5.41, 5.74) is 1.82. The lowest BCUT2D eigenvalue weighted by atomic mass is 10.0. The van der Waals surface area contributed by atoms with E-state index in [4.69, 9.17) is 4.74 Å². The number of amides is 2. The Hall–Kier alpha value is -2.36. The van der Waals surface area contributed by atoms with E-state index in [9.17, 15) is 9.59 Å². The number of aryl methyl sites for hydroxylation is 1. The summed E-state index contributed by atoms with van der Waals surface area (Å²) in [6.07, 6.45) is 3.75. The Balaban J connectivity index is 1.34. The summed E-state index contributed by atoms with van der Waals surface area (Å²) in [5, 5.41) is 14.4. The molecule has 0 radical (unpaired) electrons. The first-order chi connectivity index (χ1) is 14.5. The zero-order valence-electron chi connectivity index (χ0n) is 17.5. The molecule has 0 spiro atoms. The molecule has 2 heterocycles. The summed E-state index contributed by atoms with van der Waals surface area (Å²) < 4.78 is 5.42. The fourth-order valence-electron chi connectivity index (χ4n) is 3.34. The molecule has 30 heavy (non-hydrogen) atoms. The Morgan fingerprint density at radius 2 is 2.03 bits per heavy atom. The van der Waals surface area contributed by atoms with Crippen molar-refractivity contribution in [2.45, 2.75) is 45.8 Å². The van der Waals surface area contributed by atoms with Gasteiger partial charge in [0.15, 0.2) is 0 Å². The number of carbonyl (C=O) groups excluding carboxylic acids is 2. The van der Waals surface area contributed by atoms with Gasteiger partial charge >= 0.3 is 0 Å². The van der Waals surface area contributed by atoms with Gasteiger partial charge in [0, 0.05) is 24.8 Å². The van der Waals surface area contributed by atoms with Gasteiger partial charge in [-0.3, -0.25) is 14.5 Å². The maximum absolute atomic E-state index is 12.3. The molecule has 1 unspecified atom stereocenters. The topological polar surface area (TPSA) is 96.5 Å². The normalized spacial score (nSPS) is 16.9. The number of aromatic nitrogens is 2. The zero-order valence-corrected chi connectivity index (χ0v) is 18.3. The van der Waals surface area contributed by atoms with E-state index >= 15 is 0 Å². The Bertz CT molecular complexity index is 839. The van der Waals surface area contributed by atoms with Crippen LogP contribution in [0, 0.1) is 6.92 Å². The van der Waals surface area contributed by atoms with E-state index < -0.39 is 0 Å². The lowest BCUT2D eigenvalue weighted by Crippen LogP contribution is -2.43. The first kappa shape index (κ1) is 22.3. The SMILES string of the molecule is Cc1ccc(NC(=O)c2nnc(COCC(=O)NCCN3CCCCC3C)s2)cc1. The van der Waals surface area contributed by atoms with E-state index in [1.807, 2.05) is 31.2 Å². The first-order valence-corrected chi connectivity index (χ1v) is 11.1. The van der Waals surface area contributed by atoms with Gasteiger partial charge < -0.3 is 15.4 Å². The predicted molar refractivity (Wildman–Crippen MR) is 117 cm³/mol. The summed E-state index contributed by atoms with van der Waals surface area (Å²) >= 11 is 1.15. The number of ether oxygens (including phenoxy) is 1. The van der Waals surface area contributed by atoms with Crippen LogP contribution in [0.1, 0.15) is 46.6 Å². The Morgan fingerprint density at radius 1 is 1.23 bits per heavy atom. The van der Waals surface area contributed by atoms with Crippen LogP contribution in [0.3, 0.4) is 0 Å². The van der Waals surface area contributed by atoms with Crippen LogP contribution in [-0.4, -0.2) is 59.2 Å². The molecule has 3 rings (SSSR count). The minimum Gasteiger partial charge on any atom is -0.364 e. The van der Waals surface area contributed by atoms with Gasteiger partial charge in [0.05, 0.1) is 0 Å². The molecule has 1 aliphatic rings. The number of nitrogens with zero attached hydrogens (tertiary/aromatic N) is 3. The quantitative estimate of drug-likeness (QED) is 0.634. The van der Waals surface area contributed by atoms with Crippen LogP contribution in [0.4, 0.5) is 5.69 Å². The van der Waals surface area contributed by atoms with Crippen molar-refractivity contribution in [2.75, 3.05) is 31.6 Å². The van der Waals surface area contributed by atoms with Gasteiger partial charge in [-0.15, -0.1) is 10.2 Å². The molecular formula is C21H29N5O3S. The fraction of sp³-hybridized carbons (Fsp3) is 0.524. The largest absolute Gasteiger partial charge is 0.364 e. The molecule has 2 aromatic rings. The number of nitrogens with one attached hydrogen (secondary N) is 2. The predicted octanol–water partition coefficient (Wildman–Crippen LogP) is 2.61. The van der Waals surface area contributed by atoms with Crippen molar-refractivity contribution in [3.63, 3.8) is 0 Å². The fourth-order valence-corrected chi connectivity index (χ4v) is 4.01. The van der Waals surface area contributed by atoms with E-state index in [0.29, 0.717) is 23.3 Å². The molecule has 1 saturated heterocycles. The number of hydrogen-bond donors (Lipinski definition) is 2. The molecule has 162 valence electrons. The second kappa shape index (κ2) is 11.1. The van der Waals surface area contributed by atoms with Crippen LogP contribution in [0.25, 0.3) is 0 Å². The van der Waals surface area contributed by atoms with Crippen molar-refractivity contribution in [3.8, 4) is 0 Å². The first-order valence-electron chi connectivity index (χ1n) is 10.3. The highest BCUT2D eigenvalue weighted by atomic mass is 32.1. The average Bonchev–Trinajstić information content (AvgIpc) is 3.20.